The van der Waals surface area contributed by atoms with Crippen molar-refractivity contribution in [2.75, 3.05) is 13.1 Å². The maximum Gasteiger partial charge on any atom is 0.273 e. The van der Waals surface area contributed by atoms with Crippen LogP contribution in [0.4, 0.5) is 0 Å². The molecule has 0 spiro atoms. The summed E-state index contributed by atoms with van der Waals surface area (Å²) in [7, 11) is 0. The fourth-order valence-electron chi connectivity index (χ4n) is 1.95. The van der Waals surface area contributed by atoms with Crippen molar-refractivity contribution in [3.8, 4) is 11.5 Å². The Labute approximate surface area is 103 Å². The molecule has 1 fully saturated rings. The average Bonchev–Trinajstić information content (AvgIpc) is 3.11. The highest BCUT2D eigenvalue weighted by Crippen LogP contribution is 2.20. The lowest BCUT2D eigenvalue weighted by atomic mass is 10.2. The summed E-state index contributed by atoms with van der Waals surface area (Å²) in [4.78, 5) is 11.9. The number of rotatable bonds is 3. The van der Waals surface area contributed by atoms with Crippen molar-refractivity contribution < 1.29 is 13.7 Å². The number of amides is 1. The van der Waals surface area contributed by atoms with Gasteiger partial charge in [-0.25, -0.2) is 0 Å². The lowest BCUT2D eigenvalue weighted by Crippen LogP contribution is -2.36. The van der Waals surface area contributed by atoms with E-state index < -0.39 is 0 Å². The lowest BCUT2D eigenvalue weighted by Gasteiger charge is -2.08. The molecule has 0 radical (unpaired) electrons. The summed E-state index contributed by atoms with van der Waals surface area (Å²) in [5.41, 5.74) is 0.272. The molecular formula is C12H13N3O3. The van der Waals surface area contributed by atoms with Gasteiger partial charge in [0.1, 0.15) is 0 Å². The Morgan fingerprint density at radius 3 is 3.17 bits per heavy atom. The van der Waals surface area contributed by atoms with Crippen LogP contribution >= 0.6 is 0 Å². The van der Waals surface area contributed by atoms with Crippen molar-refractivity contribution in [2.45, 2.75) is 12.5 Å². The Kier molecular flexibility index (Phi) is 2.85. The highest BCUT2D eigenvalue weighted by molar-refractivity contribution is 5.93. The van der Waals surface area contributed by atoms with Gasteiger partial charge in [-0.15, -0.1) is 0 Å². The second-order valence-electron chi connectivity index (χ2n) is 4.22. The van der Waals surface area contributed by atoms with E-state index in [0.717, 1.165) is 19.5 Å². The second-order valence-corrected chi connectivity index (χ2v) is 4.22. The first-order chi connectivity index (χ1) is 8.83. The topological polar surface area (TPSA) is 80.3 Å². The number of aromatic nitrogens is 1. The monoisotopic (exact) mass is 247 g/mol. The zero-order valence-electron chi connectivity index (χ0n) is 9.68. The lowest BCUT2D eigenvalue weighted by molar-refractivity contribution is 0.0931. The minimum Gasteiger partial charge on any atom is -0.461 e. The molecule has 0 saturated carbocycles. The number of carbonyl (C=O) groups is 1. The van der Waals surface area contributed by atoms with Crippen LogP contribution in [-0.2, 0) is 0 Å². The van der Waals surface area contributed by atoms with Gasteiger partial charge >= 0.3 is 0 Å². The fraction of sp³-hybridized carbons (Fsp3) is 0.333. The number of furan rings is 1. The predicted molar refractivity (Wildman–Crippen MR) is 62.9 cm³/mol. The number of nitrogens with zero attached hydrogens (tertiary/aromatic N) is 1. The Balaban J connectivity index is 1.70. The van der Waals surface area contributed by atoms with Crippen molar-refractivity contribution in [3.63, 3.8) is 0 Å². The Morgan fingerprint density at radius 2 is 2.44 bits per heavy atom. The first-order valence-corrected chi connectivity index (χ1v) is 5.85. The van der Waals surface area contributed by atoms with Crippen molar-refractivity contribution in [1.82, 2.24) is 15.8 Å². The van der Waals surface area contributed by atoms with Gasteiger partial charge in [0.25, 0.3) is 5.91 Å². The first kappa shape index (κ1) is 11.0. The highest BCUT2D eigenvalue weighted by atomic mass is 16.5. The van der Waals surface area contributed by atoms with Crippen molar-refractivity contribution in [2.24, 2.45) is 0 Å². The third-order valence-electron chi connectivity index (χ3n) is 2.90. The number of hydrogen-bond donors (Lipinski definition) is 2. The normalized spacial score (nSPS) is 19.0. The average molecular weight is 247 g/mol. The molecule has 1 saturated heterocycles. The summed E-state index contributed by atoms with van der Waals surface area (Å²) in [6.45, 7) is 1.73. The van der Waals surface area contributed by atoms with Gasteiger partial charge in [-0.2, -0.15) is 0 Å². The largest absolute Gasteiger partial charge is 0.461 e. The van der Waals surface area contributed by atoms with E-state index in [2.05, 4.69) is 15.8 Å². The van der Waals surface area contributed by atoms with Gasteiger partial charge in [0.2, 0.25) is 5.76 Å². The summed E-state index contributed by atoms with van der Waals surface area (Å²) in [6, 6.07) is 5.25. The fourth-order valence-corrected chi connectivity index (χ4v) is 1.95. The SMILES string of the molecule is O=C(NC1CCNC1)c1cc(-c2ccco2)on1. The van der Waals surface area contributed by atoms with E-state index in [1.165, 1.54) is 0 Å². The van der Waals surface area contributed by atoms with Gasteiger partial charge in [-0.1, -0.05) is 5.16 Å². The molecule has 2 aromatic heterocycles. The molecule has 1 aliphatic heterocycles. The molecule has 2 N–H and O–H groups in total. The summed E-state index contributed by atoms with van der Waals surface area (Å²) in [5.74, 6) is 0.795. The molecule has 1 amide bonds. The van der Waals surface area contributed by atoms with Crippen LogP contribution in [0.5, 0.6) is 0 Å². The van der Waals surface area contributed by atoms with Crippen LogP contribution in [0.1, 0.15) is 16.9 Å². The van der Waals surface area contributed by atoms with E-state index in [1.807, 2.05) is 0 Å². The van der Waals surface area contributed by atoms with E-state index >= 15 is 0 Å². The molecule has 1 unspecified atom stereocenters. The minimum atomic E-state index is -0.217. The van der Waals surface area contributed by atoms with Gasteiger partial charge in [0.15, 0.2) is 11.5 Å². The smallest absolute Gasteiger partial charge is 0.273 e. The van der Waals surface area contributed by atoms with Crippen LogP contribution in [0.3, 0.4) is 0 Å². The predicted octanol–water partition coefficient (Wildman–Crippen LogP) is 1.03. The molecule has 1 atom stereocenters. The zero-order chi connectivity index (χ0) is 12.4. The first-order valence-electron chi connectivity index (χ1n) is 5.85. The van der Waals surface area contributed by atoms with Gasteiger partial charge < -0.3 is 19.6 Å². The third-order valence-corrected chi connectivity index (χ3v) is 2.90. The van der Waals surface area contributed by atoms with Crippen molar-refractivity contribution in [3.05, 3.63) is 30.2 Å². The van der Waals surface area contributed by atoms with Crippen molar-refractivity contribution >= 4 is 5.91 Å². The van der Waals surface area contributed by atoms with E-state index in [4.69, 9.17) is 8.94 Å². The summed E-state index contributed by atoms with van der Waals surface area (Å²) in [6.07, 6.45) is 2.48. The summed E-state index contributed by atoms with van der Waals surface area (Å²) in [5, 5.41) is 9.83. The molecule has 94 valence electrons. The molecule has 0 bridgehead atoms. The maximum atomic E-state index is 11.9. The van der Waals surface area contributed by atoms with Crippen LogP contribution in [0, 0.1) is 0 Å². The highest BCUT2D eigenvalue weighted by Gasteiger charge is 2.20. The number of nitrogens with one attached hydrogen (secondary N) is 2. The molecule has 2 aromatic rings. The van der Waals surface area contributed by atoms with Crippen LogP contribution < -0.4 is 10.6 Å². The summed E-state index contributed by atoms with van der Waals surface area (Å²) >= 11 is 0. The minimum absolute atomic E-state index is 0.168. The number of carbonyl (C=O) groups excluding carboxylic acids is 1. The standard InChI is InChI=1S/C12H13N3O3/c16-12(14-8-3-4-13-7-8)9-6-11(18-15-9)10-2-1-5-17-10/h1-2,5-6,8,13H,3-4,7H2,(H,14,16). The van der Waals surface area contributed by atoms with Crippen LogP contribution in [-0.4, -0.2) is 30.2 Å². The van der Waals surface area contributed by atoms with Crippen LogP contribution in [0.2, 0.25) is 0 Å². The maximum absolute atomic E-state index is 11.9. The molecule has 0 aromatic carbocycles. The molecule has 3 rings (SSSR count). The Hall–Kier alpha value is -2.08. The van der Waals surface area contributed by atoms with E-state index in [9.17, 15) is 4.79 Å². The Bertz CT molecular complexity index is 527. The van der Waals surface area contributed by atoms with E-state index in [0.29, 0.717) is 11.5 Å². The van der Waals surface area contributed by atoms with Crippen LogP contribution in [0.15, 0.2) is 33.4 Å². The zero-order valence-corrected chi connectivity index (χ0v) is 9.68. The molecule has 6 nitrogen and oxygen atoms in total. The van der Waals surface area contributed by atoms with E-state index in [1.54, 1.807) is 24.5 Å². The van der Waals surface area contributed by atoms with Gasteiger partial charge in [-0.05, 0) is 25.1 Å². The van der Waals surface area contributed by atoms with E-state index in [-0.39, 0.29) is 17.6 Å². The Morgan fingerprint density at radius 1 is 1.50 bits per heavy atom. The molecule has 18 heavy (non-hydrogen) atoms. The molecule has 1 aliphatic rings. The van der Waals surface area contributed by atoms with Crippen molar-refractivity contribution in [1.29, 1.82) is 0 Å². The molecule has 3 heterocycles. The molecule has 0 aliphatic carbocycles. The number of hydrogen-bond acceptors (Lipinski definition) is 5. The van der Waals surface area contributed by atoms with Gasteiger partial charge in [0.05, 0.1) is 6.26 Å². The molecule has 6 heteroatoms. The second kappa shape index (κ2) is 4.66. The van der Waals surface area contributed by atoms with Gasteiger partial charge in [0, 0.05) is 18.7 Å². The van der Waals surface area contributed by atoms with Crippen LogP contribution in [0.25, 0.3) is 11.5 Å². The third kappa shape index (κ3) is 2.14. The summed E-state index contributed by atoms with van der Waals surface area (Å²) < 4.78 is 10.2. The van der Waals surface area contributed by atoms with Gasteiger partial charge in [-0.3, -0.25) is 4.79 Å². The quantitative estimate of drug-likeness (QED) is 0.846. The molecular weight excluding hydrogens is 234 g/mol.